The van der Waals surface area contributed by atoms with Gasteiger partial charge >= 0.3 is 6.18 Å². The molecule has 0 spiro atoms. The molecule has 2 aromatic rings. The SMILES string of the molecule is CCc1cc([C@](C#CC2CC2)(OCc2c(F)cccc2F)C(F)(F)F)c(=O)[nH]c1C. The van der Waals surface area contributed by atoms with E-state index >= 15 is 0 Å². The van der Waals surface area contributed by atoms with Gasteiger partial charge in [0.25, 0.3) is 11.2 Å². The van der Waals surface area contributed by atoms with Crippen LogP contribution in [0.1, 0.15) is 42.1 Å². The highest BCUT2D eigenvalue weighted by atomic mass is 19.4. The number of benzene rings is 1. The van der Waals surface area contributed by atoms with E-state index in [-0.39, 0.29) is 5.92 Å². The zero-order valence-electron chi connectivity index (χ0n) is 16.4. The Labute approximate surface area is 170 Å². The number of rotatable bonds is 5. The number of aromatic nitrogens is 1. The molecule has 1 heterocycles. The minimum atomic E-state index is -5.14. The molecule has 1 aromatic heterocycles. The van der Waals surface area contributed by atoms with Crippen molar-refractivity contribution in [1.82, 2.24) is 4.98 Å². The quantitative estimate of drug-likeness (QED) is 0.546. The van der Waals surface area contributed by atoms with Crippen LogP contribution in [0.2, 0.25) is 0 Å². The van der Waals surface area contributed by atoms with Gasteiger partial charge in [-0.2, -0.15) is 13.2 Å². The fraction of sp³-hybridized carbons (Fsp3) is 0.409. The standard InChI is InChI=1S/C22H20F5NO2/c1-3-15-11-17(20(29)28-13(15)2)21(22(25,26)27,10-9-14-7-8-14)30-12-16-18(23)5-4-6-19(16)24/h4-6,11,14H,3,7-8,12H2,1-2H3,(H,28,29)/t21-/m0/s1. The lowest BCUT2D eigenvalue weighted by Crippen LogP contribution is -2.47. The van der Waals surface area contributed by atoms with E-state index in [1.54, 1.807) is 13.8 Å². The van der Waals surface area contributed by atoms with Crippen LogP contribution in [-0.4, -0.2) is 11.2 Å². The van der Waals surface area contributed by atoms with E-state index in [1.807, 2.05) is 0 Å². The number of aryl methyl sites for hydroxylation is 2. The van der Waals surface area contributed by atoms with Gasteiger partial charge < -0.3 is 9.72 Å². The van der Waals surface area contributed by atoms with Crippen LogP contribution in [-0.2, 0) is 23.4 Å². The van der Waals surface area contributed by atoms with Crippen molar-refractivity contribution in [3.8, 4) is 11.8 Å². The van der Waals surface area contributed by atoms with Crippen molar-refractivity contribution >= 4 is 0 Å². The molecule has 0 aliphatic heterocycles. The summed E-state index contributed by atoms with van der Waals surface area (Å²) in [5.41, 5.74) is -4.85. The van der Waals surface area contributed by atoms with Gasteiger partial charge in [-0.1, -0.05) is 24.8 Å². The van der Waals surface area contributed by atoms with Gasteiger partial charge in [-0.15, -0.1) is 0 Å². The summed E-state index contributed by atoms with van der Waals surface area (Å²) in [4.78, 5) is 15.0. The van der Waals surface area contributed by atoms with Gasteiger partial charge in [0.2, 0.25) is 0 Å². The lowest BCUT2D eigenvalue weighted by Gasteiger charge is -2.31. The summed E-state index contributed by atoms with van der Waals surface area (Å²) in [6, 6.07) is 4.04. The second kappa shape index (κ2) is 8.23. The van der Waals surface area contributed by atoms with E-state index in [1.165, 1.54) is 0 Å². The van der Waals surface area contributed by atoms with E-state index in [0.29, 0.717) is 30.5 Å². The Morgan fingerprint density at radius 2 is 1.83 bits per heavy atom. The number of ether oxygens (including phenoxy) is 1. The van der Waals surface area contributed by atoms with E-state index in [2.05, 4.69) is 16.8 Å². The van der Waals surface area contributed by atoms with E-state index in [4.69, 9.17) is 4.74 Å². The summed E-state index contributed by atoms with van der Waals surface area (Å²) in [7, 11) is 0. The Bertz CT molecular complexity index is 1040. The highest BCUT2D eigenvalue weighted by Crippen LogP contribution is 2.42. The van der Waals surface area contributed by atoms with Crippen molar-refractivity contribution in [3.63, 3.8) is 0 Å². The topological polar surface area (TPSA) is 42.1 Å². The second-order valence-electron chi connectivity index (χ2n) is 7.23. The number of hydrogen-bond donors (Lipinski definition) is 1. The molecule has 8 heteroatoms. The smallest absolute Gasteiger partial charge is 0.345 e. The third-order valence-electron chi connectivity index (χ3n) is 5.03. The molecular formula is C22H20F5NO2. The molecule has 0 radical (unpaired) electrons. The summed E-state index contributed by atoms with van der Waals surface area (Å²) in [6.45, 7) is 2.25. The number of halogens is 5. The minimum absolute atomic E-state index is 0.226. The second-order valence-corrected chi connectivity index (χ2v) is 7.23. The highest BCUT2D eigenvalue weighted by Gasteiger charge is 2.58. The highest BCUT2D eigenvalue weighted by molar-refractivity contribution is 5.38. The molecule has 3 nitrogen and oxygen atoms in total. The molecule has 1 atom stereocenters. The van der Waals surface area contributed by atoms with Crippen molar-refractivity contribution < 1.29 is 26.7 Å². The molecule has 160 valence electrons. The summed E-state index contributed by atoms with van der Waals surface area (Å²) in [5.74, 6) is 2.30. The van der Waals surface area contributed by atoms with Crippen LogP contribution in [0.25, 0.3) is 0 Å². The number of aromatic amines is 1. The van der Waals surface area contributed by atoms with Crippen molar-refractivity contribution in [3.05, 3.63) is 68.6 Å². The van der Waals surface area contributed by atoms with Gasteiger partial charge in [0.1, 0.15) is 11.6 Å². The molecule has 0 unspecified atom stereocenters. The first kappa shape index (κ1) is 22.0. The summed E-state index contributed by atoms with van der Waals surface area (Å²) in [6.07, 6.45) is -3.48. The molecular weight excluding hydrogens is 405 g/mol. The van der Waals surface area contributed by atoms with E-state index < -0.39 is 46.7 Å². The van der Waals surface area contributed by atoms with E-state index in [9.17, 15) is 26.7 Å². The lowest BCUT2D eigenvalue weighted by atomic mass is 9.91. The molecule has 1 aromatic carbocycles. The average Bonchev–Trinajstić information content (AvgIpc) is 3.48. The molecule has 1 aliphatic rings. The maximum atomic E-state index is 14.4. The number of nitrogens with one attached hydrogen (secondary N) is 1. The third-order valence-corrected chi connectivity index (χ3v) is 5.03. The first-order valence-corrected chi connectivity index (χ1v) is 9.48. The molecule has 30 heavy (non-hydrogen) atoms. The Morgan fingerprint density at radius 3 is 2.37 bits per heavy atom. The Hall–Kier alpha value is -2.66. The summed E-state index contributed by atoms with van der Waals surface area (Å²) < 4.78 is 76.3. The summed E-state index contributed by atoms with van der Waals surface area (Å²) >= 11 is 0. The number of hydrogen-bond acceptors (Lipinski definition) is 2. The molecule has 0 saturated heterocycles. The number of H-pyrrole nitrogens is 1. The Balaban J connectivity index is 2.18. The van der Waals surface area contributed by atoms with Crippen LogP contribution >= 0.6 is 0 Å². The first-order chi connectivity index (χ1) is 14.1. The van der Waals surface area contributed by atoms with Gasteiger partial charge in [-0.3, -0.25) is 4.79 Å². The van der Waals surface area contributed by atoms with Crippen LogP contribution in [0.3, 0.4) is 0 Å². The van der Waals surface area contributed by atoms with Crippen LogP contribution in [0.15, 0.2) is 29.1 Å². The molecule has 0 amide bonds. The predicted octanol–water partition coefficient (Wildman–Crippen LogP) is 4.91. The minimum Gasteiger partial charge on any atom is -0.345 e. The number of pyridine rings is 1. The molecule has 1 N–H and O–H groups in total. The monoisotopic (exact) mass is 425 g/mol. The number of alkyl halides is 3. The zero-order valence-corrected chi connectivity index (χ0v) is 16.4. The molecule has 3 rings (SSSR count). The maximum Gasteiger partial charge on any atom is 0.433 e. The van der Waals surface area contributed by atoms with Crippen molar-refractivity contribution in [1.29, 1.82) is 0 Å². The largest absolute Gasteiger partial charge is 0.433 e. The predicted molar refractivity (Wildman–Crippen MR) is 101 cm³/mol. The van der Waals surface area contributed by atoms with Crippen LogP contribution in [0.5, 0.6) is 0 Å². The molecule has 1 saturated carbocycles. The van der Waals surface area contributed by atoms with Gasteiger partial charge in [0.15, 0.2) is 0 Å². The van der Waals surface area contributed by atoms with Crippen molar-refractivity contribution in [2.24, 2.45) is 5.92 Å². The Kier molecular flexibility index (Phi) is 6.04. The third kappa shape index (κ3) is 4.26. The van der Waals surface area contributed by atoms with Crippen molar-refractivity contribution in [2.75, 3.05) is 0 Å². The zero-order chi connectivity index (χ0) is 22.1. The van der Waals surface area contributed by atoms with Gasteiger partial charge in [0.05, 0.1) is 12.2 Å². The maximum absolute atomic E-state index is 14.4. The van der Waals surface area contributed by atoms with Gasteiger partial charge in [-0.25, -0.2) is 8.78 Å². The first-order valence-electron chi connectivity index (χ1n) is 9.48. The van der Waals surface area contributed by atoms with Crippen LogP contribution in [0.4, 0.5) is 22.0 Å². The fourth-order valence-corrected chi connectivity index (χ4v) is 3.06. The van der Waals surface area contributed by atoms with Gasteiger partial charge in [0, 0.05) is 17.2 Å². The normalized spacial score (nSPS) is 16.0. The average molecular weight is 425 g/mol. The Morgan fingerprint density at radius 1 is 1.20 bits per heavy atom. The molecule has 1 fully saturated rings. The van der Waals surface area contributed by atoms with Crippen molar-refractivity contribution in [2.45, 2.75) is 51.5 Å². The fourth-order valence-electron chi connectivity index (χ4n) is 3.06. The van der Waals surface area contributed by atoms with E-state index in [0.717, 1.165) is 24.3 Å². The summed E-state index contributed by atoms with van der Waals surface area (Å²) in [5, 5.41) is 0. The lowest BCUT2D eigenvalue weighted by molar-refractivity contribution is -0.264. The van der Waals surface area contributed by atoms with Crippen LogP contribution < -0.4 is 5.56 Å². The van der Waals surface area contributed by atoms with Crippen LogP contribution in [0, 0.1) is 36.3 Å². The molecule has 1 aliphatic carbocycles. The molecule has 0 bridgehead atoms. The van der Waals surface area contributed by atoms with Gasteiger partial charge in [-0.05, 0) is 49.9 Å².